The zero-order chi connectivity index (χ0) is 29.6. The Labute approximate surface area is 242 Å². The van der Waals surface area contributed by atoms with E-state index in [9.17, 15) is 9.59 Å². The molecule has 9 heteroatoms. The summed E-state index contributed by atoms with van der Waals surface area (Å²) in [5, 5.41) is 1.92. The molecule has 0 N–H and O–H groups in total. The number of fused-ring (bicyclic) bond motifs is 2. The van der Waals surface area contributed by atoms with Gasteiger partial charge in [0.15, 0.2) is 0 Å². The molecule has 0 spiro atoms. The lowest BCUT2D eigenvalue weighted by Crippen LogP contribution is -2.37. The van der Waals surface area contributed by atoms with Crippen LogP contribution in [0.15, 0.2) is 36.4 Å². The van der Waals surface area contributed by atoms with Crippen molar-refractivity contribution in [1.29, 1.82) is 0 Å². The molecule has 41 heavy (non-hydrogen) atoms. The molecule has 3 heterocycles. The molecule has 5 rings (SSSR count). The van der Waals surface area contributed by atoms with Crippen LogP contribution in [0, 0.1) is 5.92 Å². The van der Waals surface area contributed by atoms with Gasteiger partial charge in [0.05, 0.1) is 47.3 Å². The lowest BCUT2D eigenvalue weighted by Gasteiger charge is -2.30. The fourth-order valence-corrected chi connectivity index (χ4v) is 5.20. The van der Waals surface area contributed by atoms with E-state index >= 15 is 0 Å². The average molecular weight is 562 g/mol. The number of piperidine rings is 1. The normalized spacial score (nSPS) is 15.7. The highest BCUT2D eigenvalue weighted by molar-refractivity contribution is 5.87. The summed E-state index contributed by atoms with van der Waals surface area (Å²) in [5.41, 5.74) is 0.814. The van der Waals surface area contributed by atoms with Crippen LogP contribution in [-0.2, 0) is 27.4 Å². The van der Waals surface area contributed by atoms with Crippen molar-refractivity contribution in [3.63, 3.8) is 0 Å². The summed E-state index contributed by atoms with van der Waals surface area (Å²) in [6.07, 6.45) is 10.2. The van der Waals surface area contributed by atoms with Crippen molar-refractivity contribution in [2.24, 2.45) is 5.92 Å². The molecule has 1 aromatic carbocycles. The molecule has 0 atom stereocenters. The van der Waals surface area contributed by atoms with E-state index in [-0.39, 0.29) is 11.9 Å². The van der Waals surface area contributed by atoms with Gasteiger partial charge in [-0.05, 0) is 78.3 Å². The molecule has 1 saturated heterocycles. The van der Waals surface area contributed by atoms with Crippen LogP contribution in [0.5, 0.6) is 0 Å². The fraction of sp³-hybridized carbons (Fsp3) is 0.500. The molecule has 0 saturated carbocycles. The van der Waals surface area contributed by atoms with E-state index in [1.165, 1.54) is 0 Å². The summed E-state index contributed by atoms with van der Waals surface area (Å²) in [6.45, 7) is 14.4. The molecule has 0 bridgehead atoms. The number of carbonyl (C=O) groups excluding carboxylic acids is 2. The third kappa shape index (κ3) is 7.14. The maximum absolute atomic E-state index is 13.4. The molecular formula is C32H43N5O4. The number of imidazole rings is 2. The number of rotatable bonds is 6. The standard InChI is InChI=1S/C30H37N5O4.C2H6/c1-5-38-28(36)21-15-17-33(18-16-21)19-26-31-22-11-7-6-8-13-24(22)34(26)20-27-32-23-12-9-10-14-25(23)35(27)29(37)39-30(2,3)4;1-2/h6,8-14,21H,5,7,15-20H2,1-4H3;1-2H3. The Morgan fingerprint density at radius 3 is 2.46 bits per heavy atom. The van der Waals surface area contributed by atoms with E-state index in [0.29, 0.717) is 31.0 Å². The molecule has 3 aromatic rings. The van der Waals surface area contributed by atoms with Crippen molar-refractivity contribution in [1.82, 2.24) is 24.0 Å². The van der Waals surface area contributed by atoms with E-state index in [1.807, 2.05) is 71.9 Å². The van der Waals surface area contributed by atoms with Gasteiger partial charge in [-0.2, -0.15) is 0 Å². The molecule has 0 radical (unpaired) electrons. The largest absolute Gasteiger partial charge is 0.466 e. The Kier molecular flexibility index (Phi) is 9.81. The number of nitrogens with zero attached hydrogens (tertiary/aromatic N) is 5. The number of hydrogen-bond acceptors (Lipinski definition) is 7. The van der Waals surface area contributed by atoms with E-state index in [0.717, 1.165) is 54.4 Å². The second-order valence-electron chi connectivity index (χ2n) is 11.1. The Morgan fingerprint density at radius 2 is 1.76 bits per heavy atom. The summed E-state index contributed by atoms with van der Waals surface area (Å²) in [5.74, 6) is 1.36. The molecule has 2 aromatic heterocycles. The van der Waals surface area contributed by atoms with Crippen LogP contribution < -0.4 is 10.7 Å². The van der Waals surface area contributed by atoms with Gasteiger partial charge in [0.25, 0.3) is 0 Å². The Bertz CT molecular complexity index is 1520. The predicted octanol–water partition coefficient (Wildman–Crippen LogP) is 4.39. The predicted molar refractivity (Wildman–Crippen MR) is 161 cm³/mol. The SMILES string of the molecule is CC.CCOC(=O)C1CCN(Cc2nc3c(n2Cc2nc4ccccc4n2C(=O)OC(C)(C)C)=CC=CCC=3)CC1. The lowest BCUT2D eigenvalue weighted by molar-refractivity contribution is -0.149. The Morgan fingerprint density at radius 1 is 1.02 bits per heavy atom. The number of esters is 1. The van der Waals surface area contributed by atoms with Crippen LogP contribution >= 0.6 is 0 Å². The van der Waals surface area contributed by atoms with Crippen LogP contribution in [0.3, 0.4) is 0 Å². The van der Waals surface area contributed by atoms with Crippen molar-refractivity contribution in [3.05, 3.63) is 58.8 Å². The molecule has 2 aliphatic rings. The molecular weight excluding hydrogens is 518 g/mol. The van der Waals surface area contributed by atoms with Crippen LogP contribution in [0.4, 0.5) is 4.79 Å². The zero-order valence-corrected chi connectivity index (χ0v) is 25.2. The number of likely N-dealkylation sites (tertiary alicyclic amines) is 1. The summed E-state index contributed by atoms with van der Waals surface area (Å²) in [6, 6.07) is 7.62. The van der Waals surface area contributed by atoms with Gasteiger partial charge in [-0.1, -0.05) is 44.2 Å². The van der Waals surface area contributed by atoms with Crippen molar-refractivity contribution in [2.75, 3.05) is 19.7 Å². The number of hydrogen-bond donors (Lipinski definition) is 0. The Hall–Kier alpha value is -3.72. The van der Waals surface area contributed by atoms with Gasteiger partial charge in [0, 0.05) is 0 Å². The van der Waals surface area contributed by atoms with Gasteiger partial charge in [0.2, 0.25) is 0 Å². The number of benzene rings is 1. The number of ether oxygens (including phenoxy) is 2. The third-order valence-corrected chi connectivity index (χ3v) is 7.03. The quantitative estimate of drug-likeness (QED) is 0.413. The Balaban J connectivity index is 0.00000189. The average Bonchev–Trinajstić information content (AvgIpc) is 3.36. The molecule has 1 fully saturated rings. The number of para-hydroxylation sites is 2. The highest BCUT2D eigenvalue weighted by Gasteiger charge is 2.28. The van der Waals surface area contributed by atoms with Gasteiger partial charge < -0.3 is 14.0 Å². The first-order valence-corrected chi connectivity index (χ1v) is 14.7. The van der Waals surface area contributed by atoms with Crippen molar-refractivity contribution in [3.8, 4) is 0 Å². The number of allylic oxidation sites excluding steroid dienone is 2. The van der Waals surface area contributed by atoms with Gasteiger partial charge in [-0.25, -0.2) is 19.3 Å². The maximum atomic E-state index is 13.4. The van der Waals surface area contributed by atoms with Gasteiger partial charge in [-0.3, -0.25) is 9.69 Å². The second-order valence-corrected chi connectivity index (χ2v) is 11.1. The van der Waals surface area contributed by atoms with Crippen LogP contribution in [0.2, 0.25) is 0 Å². The smallest absolute Gasteiger partial charge is 0.420 e. The van der Waals surface area contributed by atoms with E-state index in [2.05, 4.69) is 27.7 Å². The van der Waals surface area contributed by atoms with Gasteiger partial charge in [0.1, 0.15) is 17.2 Å². The first-order valence-electron chi connectivity index (χ1n) is 14.7. The summed E-state index contributed by atoms with van der Waals surface area (Å²) < 4.78 is 14.7. The van der Waals surface area contributed by atoms with Crippen LogP contribution in [-0.4, -0.2) is 61.4 Å². The highest BCUT2D eigenvalue weighted by atomic mass is 16.6. The monoisotopic (exact) mass is 561 g/mol. The van der Waals surface area contributed by atoms with Crippen molar-refractivity contribution < 1.29 is 19.1 Å². The molecule has 0 unspecified atom stereocenters. The van der Waals surface area contributed by atoms with Gasteiger partial charge in [-0.15, -0.1) is 0 Å². The topological polar surface area (TPSA) is 91.5 Å². The van der Waals surface area contributed by atoms with Gasteiger partial charge >= 0.3 is 12.1 Å². The van der Waals surface area contributed by atoms with E-state index < -0.39 is 11.7 Å². The van der Waals surface area contributed by atoms with Crippen molar-refractivity contribution >= 4 is 35.2 Å². The van der Waals surface area contributed by atoms with E-state index in [1.54, 1.807) is 4.57 Å². The molecule has 1 aliphatic heterocycles. The van der Waals surface area contributed by atoms with E-state index in [4.69, 9.17) is 19.4 Å². The lowest BCUT2D eigenvalue weighted by atomic mass is 9.97. The maximum Gasteiger partial charge on any atom is 0.420 e. The highest BCUT2D eigenvalue weighted by Crippen LogP contribution is 2.22. The fourth-order valence-electron chi connectivity index (χ4n) is 5.20. The summed E-state index contributed by atoms with van der Waals surface area (Å²) in [7, 11) is 0. The second kappa shape index (κ2) is 13.3. The first-order chi connectivity index (χ1) is 19.7. The zero-order valence-electron chi connectivity index (χ0n) is 25.2. The molecule has 0 amide bonds. The van der Waals surface area contributed by atoms with Crippen LogP contribution in [0.25, 0.3) is 23.2 Å². The summed E-state index contributed by atoms with van der Waals surface area (Å²) >= 11 is 0. The molecule has 9 nitrogen and oxygen atoms in total. The first kappa shape index (κ1) is 30.2. The van der Waals surface area contributed by atoms with Crippen LogP contribution in [0.1, 0.15) is 72.5 Å². The van der Waals surface area contributed by atoms with Crippen molar-refractivity contribution in [2.45, 2.75) is 79.5 Å². The minimum absolute atomic E-state index is 0.0433. The summed E-state index contributed by atoms with van der Waals surface area (Å²) in [4.78, 5) is 37.8. The minimum Gasteiger partial charge on any atom is -0.466 e. The number of carbonyl (C=O) groups is 2. The minimum atomic E-state index is -0.639. The molecule has 1 aliphatic carbocycles. The number of aromatic nitrogens is 4. The third-order valence-electron chi connectivity index (χ3n) is 7.03. The molecule has 220 valence electrons.